The smallest absolute Gasteiger partial charge is 0.240 e. The van der Waals surface area contributed by atoms with E-state index in [0.717, 1.165) is 40.9 Å². The fourth-order valence-corrected chi connectivity index (χ4v) is 4.41. The molecule has 0 radical (unpaired) electrons. The summed E-state index contributed by atoms with van der Waals surface area (Å²) in [4.78, 5) is 9.87. The molecule has 24 heavy (non-hydrogen) atoms. The van der Waals surface area contributed by atoms with Gasteiger partial charge in [-0.25, -0.2) is 0 Å². The lowest BCUT2D eigenvalue weighted by molar-refractivity contribution is 0.274. The van der Waals surface area contributed by atoms with Crippen molar-refractivity contribution in [2.75, 3.05) is 0 Å². The lowest BCUT2D eigenvalue weighted by Crippen LogP contribution is -2.40. The van der Waals surface area contributed by atoms with Crippen molar-refractivity contribution in [3.8, 4) is 10.7 Å². The fraction of sp³-hybridized carbons (Fsp3) is 0.467. The third-order valence-electron chi connectivity index (χ3n) is 4.25. The Morgan fingerprint density at radius 2 is 2.08 bits per heavy atom. The molecule has 7 nitrogen and oxygen atoms in total. The number of halogens is 1. The molecule has 1 aliphatic rings. The van der Waals surface area contributed by atoms with Crippen LogP contribution < -0.4 is 5.32 Å². The van der Waals surface area contributed by atoms with Gasteiger partial charge in [0, 0.05) is 16.8 Å². The Kier molecular flexibility index (Phi) is 4.23. The van der Waals surface area contributed by atoms with Crippen LogP contribution in [-0.2, 0) is 12.1 Å². The lowest BCUT2D eigenvalue weighted by atomic mass is 9.96. The van der Waals surface area contributed by atoms with Crippen LogP contribution in [0.4, 0.5) is 0 Å². The molecule has 0 amide bonds. The van der Waals surface area contributed by atoms with Gasteiger partial charge >= 0.3 is 0 Å². The van der Waals surface area contributed by atoms with Crippen molar-refractivity contribution >= 4 is 27.3 Å². The maximum absolute atomic E-state index is 5.38. The number of rotatable bonds is 5. The number of hydrogen-bond acceptors (Lipinski definition) is 8. The zero-order chi connectivity index (χ0) is 16.6. The minimum Gasteiger partial charge on any atom is -0.340 e. The number of aryl methyl sites for hydroxylation is 1. The highest BCUT2D eigenvalue weighted by molar-refractivity contribution is 9.10. The van der Waals surface area contributed by atoms with Crippen LogP contribution in [0.5, 0.6) is 0 Å². The van der Waals surface area contributed by atoms with E-state index in [0.29, 0.717) is 24.2 Å². The van der Waals surface area contributed by atoms with Crippen LogP contribution in [-0.4, -0.2) is 20.3 Å². The van der Waals surface area contributed by atoms with Crippen LogP contribution in [0, 0.1) is 6.92 Å². The van der Waals surface area contributed by atoms with Crippen molar-refractivity contribution in [3.05, 3.63) is 33.5 Å². The molecule has 0 aromatic carbocycles. The van der Waals surface area contributed by atoms with E-state index in [1.54, 1.807) is 11.3 Å². The van der Waals surface area contributed by atoms with Gasteiger partial charge in [-0.1, -0.05) is 23.2 Å². The van der Waals surface area contributed by atoms with E-state index in [4.69, 9.17) is 9.05 Å². The molecular formula is C15H16BrN5O2S. The van der Waals surface area contributed by atoms with Gasteiger partial charge in [0.05, 0.1) is 17.0 Å². The van der Waals surface area contributed by atoms with E-state index in [1.165, 1.54) is 0 Å². The SMILES string of the molecule is Cc1nc(C2(NCc3nc(-c4cc(Br)cs4)no3)CCCC2)no1. The Labute approximate surface area is 151 Å². The van der Waals surface area contributed by atoms with Crippen molar-refractivity contribution in [3.63, 3.8) is 0 Å². The Bertz CT molecular complexity index is 836. The van der Waals surface area contributed by atoms with Gasteiger partial charge in [-0.15, -0.1) is 11.3 Å². The Morgan fingerprint density at radius 3 is 2.75 bits per heavy atom. The van der Waals surface area contributed by atoms with Crippen molar-refractivity contribution < 1.29 is 9.05 Å². The Morgan fingerprint density at radius 1 is 1.25 bits per heavy atom. The second-order valence-electron chi connectivity index (χ2n) is 5.92. The Balaban J connectivity index is 1.50. The van der Waals surface area contributed by atoms with Crippen LogP contribution in [0.25, 0.3) is 10.7 Å². The summed E-state index contributed by atoms with van der Waals surface area (Å²) in [5, 5.41) is 13.7. The first kappa shape index (κ1) is 15.9. The number of hydrogen-bond donors (Lipinski definition) is 1. The molecule has 0 bridgehead atoms. The number of nitrogens with one attached hydrogen (secondary N) is 1. The second kappa shape index (κ2) is 6.38. The van der Waals surface area contributed by atoms with E-state index in [2.05, 4.69) is 41.5 Å². The van der Waals surface area contributed by atoms with Crippen molar-refractivity contribution in [2.24, 2.45) is 0 Å². The summed E-state index contributed by atoms with van der Waals surface area (Å²) in [6.07, 6.45) is 4.23. The van der Waals surface area contributed by atoms with Gasteiger partial charge in [0.1, 0.15) is 0 Å². The van der Waals surface area contributed by atoms with Gasteiger partial charge in [-0.05, 0) is 34.8 Å². The summed E-state index contributed by atoms with van der Waals surface area (Å²) in [6, 6.07) is 1.98. The van der Waals surface area contributed by atoms with Gasteiger partial charge in [0.15, 0.2) is 5.82 Å². The molecule has 3 aromatic heterocycles. The van der Waals surface area contributed by atoms with Gasteiger partial charge in [-0.2, -0.15) is 9.97 Å². The van der Waals surface area contributed by atoms with E-state index in [-0.39, 0.29) is 5.54 Å². The zero-order valence-electron chi connectivity index (χ0n) is 13.1. The third-order valence-corrected chi connectivity index (χ3v) is 5.93. The zero-order valence-corrected chi connectivity index (χ0v) is 15.5. The summed E-state index contributed by atoms with van der Waals surface area (Å²) in [7, 11) is 0. The summed E-state index contributed by atoms with van der Waals surface area (Å²) in [5.41, 5.74) is -0.266. The molecule has 126 valence electrons. The monoisotopic (exact) mass is 409 g/mol. The van der Waals surface area contributed by atoms with Crippen molar-refractivity contribution in [1.82, 2.24) is 25.6 Å². The molecule has 3 aromatic rings. The average molecular weight is 410 g/mol. The molecule has 0 atom stereocenters. The fourth-order valence-electron chi connectivity index (χ4n) is 3.05. The first-order valence-electron chi connectivity index (χ1n) is 7.77. The lowest BCUT2D eigenvalue weighted by Gasteiger charge is -2.25. The maximum atomic E-state index is 5.38. The van der Waals surface area contributed by atoms with Crippen molar-refractivity contribution in [1.29, 1.82) is 0 Å². The van der Waals surface area contributed by atoms with Gasteiger partial charge in [-0.3, -0.25) is 5.32 Å². The standard InChI is InChI=1S/C15H16BrN5O2S/c1-9-18-14(21-22-9)15(4-2-3-5-15)17-7-12-19-13(20-23-12)11-6-10(16)8-24-11/h6,8,17H,2-5,7H2,1H3. The van der Waals surface area contributed by atoms with Gasteiger partial charge in [0.25, 0.3) is 0 Å². The first-order chi connectivity index (χ1) is 11.6. The van der Waals surface area contributed by atoms with Gasteiger partial charge < -0.3 is 9.05 Å². The van der Waals surface area contributed by atoms with Gasteiger partial charge in [0.2, 0.25) is 17.6 Å². The highest BCUT2D eigenvalue weighted by Crippen LogP contribution is 2.37. The van der Waals surface area contributed by atoms with E-state index in [1.807, 2.05) is 18.4 Å². The molecule has 1 saturated carbocycles. The molecule has 9 heteroatoms. The second-order valence-corrected chi connectivity index (χ2v) is 7.75. The minimum absolute atomic E-state index is 0.266. The molecule has 0 unspecified atom stereocenters. The summed E-state index contributed by atoms with van der Waals surface area (Å²) >= 11 is 5.01. The predicted molar refractivity (Wildman–Crippen MR) is 91.3 cm³/mol. The first-order valence-corrected chi connectivity index (χ1v) is 9.45. The molecule has 4 rings (SSSR count). The van der Waals surface area contributed by atoms with Crippen molar-refractivity contribution in [2.45, 2.75) is 44.7 Å². The maximum Gasteiger partial charge on any atom is 0.240 e. The van der Waals surface area contributed by atoms with E-state index >= 15 is 0 Å². The minimum atomic E-state index is -0.266. The number of nitrogens with zero attached hydrogens (tertiary/aromatic N) is 4. The third kappa shape index (κ3) is 3.03. The number of aromatic nitrogens is 4. The molecule has 0 spiro atoms. The van der Waals surface area contributed by atoms with E-state index < -0.39 is 0 Å². The molecule has 3 heterocycles. The highest BCUT2D eigenvalue weighted by atomic mass is 79.9. The van der Waals surface area contributed by atoms with Crippen LogP contribution in [0.15, 0.2) is 25.0 Å². The molecule has 1 N–H and O–H groups in total. The topological polar surface area (TPSA) is 89.9 Å². The quantitative estimate of drug-likeness (QED) is 0.684. The summed E-state index contributed by atoms with van der Waals surface area (Å²) in [6.45, 7) is 2.29. The van der Waals surface area contributed by atoms with Crippen LogP contribution in [0.1, 0.15) is 43.3 Å². The molecule has 0 aliphatic heterocycles. The molecule has 1 aliphatic carbocycles. The number of thiophene rings is 1. The average Bonchev–Trinajstić information content (AvgIpc) is 3.32. The van der Waals surface area contributed by atoms with Crippen LogP contribution in [0.2, 0.25) is 0 Å². The molecule has 0 saturated heterocycles. The van der Waals surface area contributed by atoms with Crippen LogP contribution in [0.3, 0.4) is 0 Å². The Hall–Kier alpha value is -1.58. The largest absolute Gasteiger partial charge is 0.340 e. The van der Waals surface area contributed by atoms with E-state index in [9.17, 15) is 0 Å². The molecular weight excluding hydrogens is 394 g/mol. The summed E-state index contributed by atoms with van der Waals surface area (Å²) in [5.74, 6) is 2.47. The summed E-state index contributed by atoms with van der Waals surface area (Å²) < 4.78 is 11.6. The highest BCUT2D eigenvalue weighted by Gasteiger charge is 2.39. The predicted octanol–water partition coefficient (Wildman–Crippen LogP) is 3.81. The molecule has 1 fully saturated rings. The normalized spacial score (nSPS) is 16.8. The van der Waals surface area contributed by atoms with Crippen LogP contribution >= 0.6 is 27.3 Å².